The third-order valence-corrected chi connectivity index (χ3v) is 3.16. The molecule has 0 aliphatic carbocycles. The molecule has 0 radical (unpaired) electrons. The van der Waals surface area contributed by atoms with Gasteiger partial charge in [0, 0.05) is 26.2 Å². The van der Waals surface area contributed by atoms with Crippen LogP contribution in [0.15, 0.2) is 48.6 Å². The Labute approximate surface area is 156 Å². The number of rotatable bonds is 10. The monoisotopic (exact) mass is 361 g/mol. The summed E-state index contributed by atoms with van der Waals surface area (Å²) in [5, 5.41) is 0.155. The molecular formula is C19H28ClN5. The van der Waals surface area contributed by atoms with E-state index in [0.717, 1.165) is 22.3 Å². The average molecular weight is 362 g/mol. The van der Waals surface area contributed by atoms with Gasteiger partial charge in [0.25, 0.3) is 0 Å². The molecule has 0 spiro atoms. The van der Waals surface area contributed by atoms with Crippen molar-refractivity contribution in [3.05, 3.63) is 53.9 Å². The number of aromatic nitrogens is 3. The number of hydrogen-bond acceptors (Lipinski definition) is 5. The van der Waals surface area contributed by atoms with E-state index in [1.165, 1.54) is 0 Å². The summed E-state index contributed by atoms with van der Waals surface area (Å²) in [6, 6.07) is 0. The van der Waals surface area contributed by atoms with Crippen molar-refractivity contribution in [3.8, 4) is 0 Å². The summed E-state index contributed by atoms with van der Waals surface area (Å²) in [7, 11) is 0. The highest BCUT2D eigenvalue weighted by atomic mass is 35.5. The first kappa shape index (κ1) is 20.9. The molecule has 0 atom stereocenters. The van der Waals surface area contributed by atoms with Crippen LogP contribution in [0.2, 0.25) is 5.28 Å². The summed E-state index contributed by atoms with van der Waals surface area (Å²) in [5.74, 6) is 1.02. The Morgan fingerprint density at radius 1 is 0.680 bits per heavy atom. The highest BCUT2D eigenvalue weighted by Crippen LogP contribution is 2.19. The van der Waals surface area contributed by atoms with Crippen LogP contribution in [0.5, 0.6) is 0 Å². The predicted octanol–water partition coefficient (Wildman–Crippen LogP) is 4.44. The molecule has 0 fully saturated rings. The fraction of sp³-hybridized carbons (Fsp3) is 0.421. The Balaban J connectivity index is 3.28. The lowest BCUT2D eigenvalue weighted by Gasteiger charge is -2.26. The van der Waals surface area contributed by atoms with E-state index < -0.39 is 0 Å². The Bertz CT molecular complexity index is 594. The van der Waals surface area contributed by atoms with Crippen molar-refractivity contribution in [1.82, 2.24) is 15.0 Å². The predicted molar refractivity (Wildman–Crippen MR) is 109 cm³/mol. The Morgan fingerprint density at radius 2 is 0.960 bits per heavy atom. The molecule has 0 aliphatic heterocycles. The van der Waals surface area contributed by atoms with Gasteiger partial charge in [-0.3, -0.25) is 0 Å². The van der Waals surface area contributed by atoms with Gasteiger partial charge in [-0.2, -0.15) is 15.0 Å². The van der Waals surface area contributed by atoms with Gasteiger partial charge >= 0.3 is 0 Å². The minimum Gasteiger partial charge on any atom is -0.333 e. The SMILES string of the molecule is C=C(C)CN(CC(=C)C)c1nc(Cl)nc(N(CC(=C)C)CC(=C)C)n1. The molecule has 0 unspecified atom stereocenters. The zero-order chi connectivity index (χ0) is 19.1. The summed E-state index contributed by atoms with van der Waals surface area (Å²) in [4.78, 5) is 17.2. The number of nitrogens with zero attached hydrogens (tertiary/aromatic N) is 5. The van der Waals surface area contributed by atoms with E-state index in [2.05, 4.69) is 41.3 Å². The van der Waals surface area contributed by atoms with Crippen LogP contribution in [-0.2, 0) is 0 Å². The van der Waals surface area contributed by atoms with Gasteiger partial charge in [0.05, 0.1) is 0 Å². The highest BCUT2D eigenvalue weighted by molar-refractivity contribution is 6.28. The van der Waals surface area contributed by atoms with E-state index >= 15 is 0 Å². The minimum atomic E-state index is 0.155. The summed E-state index contributed by atoms with van der Waals surface area (Å²) in [6.07, 6.45) is 0. The lowest BCUT2D eigenvalue weighted by molar-refractivity contribution is 0.798. The van der Waals surface area contributed by atoms with Gasteiger partial charge in [0.1, 0.15) is 0 Å². The molecule has 0 saturated heterocycles. The number of halogens is 1. The van der Waals surface area contributed by atoms with Crippen LogP contribution in [0.25, 0.3) is 0 Å². The molecular weight excluding hydrogens is 334 g/mol. The quantitative estimate of drug-likeness (QED) is 0.576. The van der Waals surface area contributed by atoms with Crippen molar-refractivity contribution in [2.75, 3.05) is 36.0 Å². The van der Waals surface area contributed by atoms with Crippen molar-refractivity contribution in [2.24, 2.45) is 0 Å². The smallest absolute Gasteiger partial charge is 0.232 e. The molecule has 0 saturated carbocycles. The first-order valence-corrected chi connectivity index (χ1v) is 8.45. The zero-order valence-corrected chi connectivity index (χ0v) is 16.5. The molecule has 0 N–H and O–H groups in total. The lowest BCUT2D eigenvalue weighted by atomic mass is 10.2. The second kappa shape index (κ2) is 9.37. The van der Waals surface area contributed by atoms with Crippen LogP contribution < -0.4 is 9.80 Å². The van der Waals surface area contributed by atoms with Gasteiger partial charge in [-0.25, -0.2) is 0 Å². The summed E-state index contributed by atoms with van der Waals surface area (Å²) in [6.45, 7) is 26.2. The van der Waals surface area contributed by atoms with Gasteiger partial charge in [-0.05, 0) is 39.3 Å². The van der Waals surface area contributed by atoms with Gasteiger partial charge < -0.3 is 9.80 Å². The normalized spacial score (nSPS) is 10.3. The van der Waals surface area contributed by atoms with Crippen molar-refractivity contribution in [1.29, 1.82) is 0 Å². The minimum absolute atomic E-state index is 0.155. The molecule has 5 nitrogen and oxygen atoms in total. The first-order valence-electron chi connectivity index (χ1n) is 8.07. The van der Waals surface area contributed by atoms with Crippen LogP contribution in [0.1, 0.15) is 27.7 Å². The van der Waals surface area contributed by atoms with Crippen molar-refractivity contribution >= 4 is 23.5 Å². The third-order valence-electron chi connectivity index (χ3n) is 2.99. The Hall–Kier alpha value is -2.14. The highest BCUT2D eigenvalue weighted by Gasteiger charge is 2.17. The molecule has 0 aromatic carbocycles. The number of anilines is 2. The maximum absolute atomic E-state index is 6.18. The zero-order valence-electron chi connectivity index (χ0n) is 15.8. The maximum Gasteiger partial charge on any atom is 0.232 e. The second-order valence-corrected chi connectivity index (χ2v) is 7.08. The molecule has 1 heterocycles. The molecule has 0 bridgehead atoms. The van der Waals surface area contributed by atoms with Crippen molar-refractivity contribution in [2.45, 2.75) is 27.7 Å². The Morgan fingerprint density at radius 3 is 1.20 bits per heavy atom. The van der Waals surface area contributed by atoms with Gasteiger partial charge in [0.15, 0.2) is 0 Å². The fourth-order valence-electron chi connectivity index (χ4n) is 2.31. The second-order valence-electron chi connectivity index (χ2n) is 6.74. The number of hydrogen-bond donors (Lipinski definition) is 0. The van der Waals surface area contributed by atoms with Gasteiger partial charge in [-0.1, -0.05) is 48.6 Å². The molecule has 136 valence electrons. The molecule has 1 rings (SSSR count). The topological polar surface area (TPSA) is 45.2 Å². The van der Waals surface area contributed by atoms with Gasteiger partial charge in [-0.15, -0.1) is 0 Å². The van der Waals surface area contributed by atoms with E-state index in [1.807, 2.05) is 37.5 Å². The van der Waals surface area contributed by atoms with Crippen LogP contribution in [0.3, 0.4) is 0 Å². The van der Waals surface area contributed by atoms with E-state index in [0.29, 0.717) is 38.1 Å². The molecule has 25 heavy (non-hydrogen) atoms. The molecule has 0 aliphatic rings. The lowest BCUT2D eigenvalue weighted by Crippen LogP contribution is -2.32. The van der Waals surface area contributed by atoms with Crippen LogP contribution in [0.4, 0.5) is 11.9 Å². The largest absolute Gasteiger partial charge is 0.333 e. The van der Waals surface area contributed by atoms with Crippen LogP contribution >= 0.6 is 11.6 Å². The fourth-order valence-corrected chi connectivity index (χ4v) is 2.46. The molecule has 6 heteroatoms. The summed E-state index contributed by atoms with van der Waals surface area (Å²) >= 11 is 6.18. The van der Waals surface area contributed by atoms with E-state index in [1.54, 1.807) is 0 Å². The maximum atomic E-state index is 6.18. The van der Waals surface area contributed by atoms with E-state index in [-0.39, 0.29) is 5.28 Å². The van der Waals surface area contributed by atoms with Gasteiger partial charge in [0.2, 0.25) is 17.2 Å². The van der Waals surface area contributed by atoms with Crippen LogP contribution in [0, 0.1) is 0 Å². The standard InChI is InChI=1S/C19H28ClN5/c1-13(2)9-24(10-14(3)4)18-21-17(20)22-19(23-18)25(11-15(5)6)12-16(7)8/h1,3,5,7,9-12H2,2,4,6,8H3. The Kier molecular flexibility index (Phi) is 7.84. The summed E-state index contributed by atoms with van der Waals surface area (Å²) < 4.78 is 0. The molecule has 0 amide bonds. The van der Waals surface area contributed by atoms with E-state index in [9.17, 15) is 0 Å². The third kappa shape index (κ3) is 7.52. The average Bonchev–Trinajstić information content (AvgIpc) is 2.43. The molecule has 1 aromatic rings. The van der Waals surface area contributed by atoms with Crippen molar-refractivity contribution < 1.29 is 0 Å². The molecule has 1 aromatic heterocycles. The summed E-state index contributed by atoms with van der Waals surface area (Å²) in [5.41, 5.74) is 4.00. The van der Waals surface area contributed by atoms with Crippen LogP contribution in [-0.4, -0.2) is 41.1 Å². The van der Waals surface area contributed by atoms with Crippen molar-refractivity contribution in [3.63, 3.8) is 0 Å². The first-order chi connectivity index (χ1) is 11.6. The van der Waals surface area contributed by atoms with E-state index in [4.69, 9.17) is 11.6 Å².